The molecule has 26 heavy (non-hydrogen) atoms. The largest absolute Gasteiger partial charge is 0.487 e. The number of ether oxygens (including phenoxy) is 1. The van der Waals surface area contributed by atoms with E-state index in [0.717, 1.165) is 41.6 Å². The molecule has 0 spiro atoms. The number of carboxylic acid groups (broad SMARTS) is 1. The Balaban J connectivity index is 1.39. The van der Waals surface area contributed by atoms with Crippen LogP contribution in [0.5, 0.6) is 5.75 Å². The molecule has 1 aliphatic carbocycles. The first-order valence-electron chi connectivity index (χ1n) is 8.99. The molecule has 1 saturated carbocycles. The fraction of sp³-hybridized carbons (Fsp3) is 0.273. The second-order valence-corrected chi connectivity index (χ2v) is 6.90. The summed E-state index contributed by atoms with van der Waals surface area (Å²) in [6.45, 7) is 0.425. The standard InChI is InChI=1S/C22H21NO3/c24-22(25)18-6-5-17(13-18)15-8-11-20(12-9-15)26-14-19-10-7-16-3-1-2-4-21(16)23-19/h1-4,7-12,17-18H,5-6,13-14H2,(H,24,25). The van der Waals surface area contributed by atoms with Gasteiger partial charge in [-0.3, -0.25) is 4.79 Å². The monoisotopic (exact) mass is 347 g/mol. The quantitative estimate of drug-likeness (QED) is 0.721. The molecule has 1 aliphatic rings. The smallest absolute Gasteiger partial charge is 0.306 e. The summed E-state index contributed by atoms with van der Waals surface area (Å²) in [5, 5.41) is 10.3. The normalized spacial score (nSPS) is 19.5. The van der Waals surface area contributed by atoms with Crippen molar-refractivity contribution in [2.24, 2.45) is 5.92 Å². The summed E-state index contributed by atoms with van der Waals surface area (Å²) in [5.74, 6) is 0.272. The Bertz CT molecular complexity index is 920. The molecule has 0 saturated heterocycles. The maximum atomic E-state index is 11.1. The lowest BCUT2D eigenvalue weighted by atomic mass is 9.96. The Morgan fingerprint density at radius 1 is 1.04 bits per heavy atom. The number of fused-ring (bicyclic) bond motifs is 1. The minimum Gasteiger partial charge on any atom is -0.487 e. The Morgan fingerprint density at radius 2 is 1.85 bits per heavy atom. The molecule has 2 aromatic carbocycles. The topological polar surface area (TPSA) is 59.4 Å². The second-order valence-electron chi connectivity index (χ2n) is 6.90. The van der Waals surface area contributed by atoms with Crippen LogP contribution in [0.4, 0.5) is 0 Å². The van der Waals surface area contributed by atoms with E-state index in [4.69, 9.17) is 9.84 Å². The zero-order valence-corrected chi connectivity index (χ0v) is 14.5. The van der Waals surface area contributed by atoms with Crippen LogP contribution in [0.1, 0.15) is 36.4 Å². The van der Waals surface area contributed by atoms with Crippen LogP contribution >= 0.6 is 0 Å². The van der Waals surface area contributed by atoms with Gasteiger partial charge in [0.15, 0.2) is 0 Å². The number of hydrogen-bond acceptors (Lipinski definition) is 3. The summed E-state index contributed by atoms with van der Waals surface area (Å²) in [6.07, 6.45) is 2.45. The molecule has 2 unspecified atom stereocenters. The number of aliphatic carboxylic acids is 1. The van der Waals surface area contributed by atoms with Crippen LogP contribution in [-0.2, 0) is 11.4 Å². The summed E-state index contributed by atoms with van der Waals surface area (Å²) in [6, 6.07) is 20.1. The molecule has 1 fully saturated rings. The Labute approximate surface area is 152 Å². The summed E-state index contributed by atoms with van der Waals surface area (Å²) >= 11 is 0. The molecular weight excluding hydrogens is 326 g/mol. The van der Waals surface area contributed by atoms with Gasteiger partial charge in [0, 0.05) is 5.39 Å². The van der Waals surface area contributed by atoms with Crippen LogP contribution in [0.15, 0.2) is 60.7 Å². The first-order valence-corrected chi connectivity index (χ1v) is 8.99. The average molecular weight is 347 g/mol. The molecule has 2 atom stereocenters. The van der Waals surface area contributed by atoms with Gasteiger partial charge in [0.05, 0.1) is 17.1 Å². The number of benzene rings is 2. The van der Waals surface area contributed by atoms with E-state index in [-0.39, 0.29) is 5.92 Å². The number of rotatable bonds is 5. The molecule has 0 radical (unpaired) electrons. The Kier molecular flexibility index (Phi) is 4.57. The van der Waals surface area contributed by atoms with Gasteiger partial charge in [0.1, 0.15) is 12.4 Å². The Morgan fingerprint density at radius 3 is 2.62 bits per heavy atom. The van der Waals surface area contributed by atoms with Crippen molar-refractivity contribution in [3.63, 3.8) is 0 Å². The molecule has 132 valence electrons. The molecule has 4 heteroatoms. The van der Waals surface area contributed by atoms with Gasteiger partial charge in [0.25, 0.3) is 0 Å². The SMILES string of the molecule is O=C(O)C1CCC(c2ccc(OCc3ccc4ccccc4n3)cc2)C1. The lowest BCUT2D eigenvalue weighted by Crippen LogP contribution is -2.09. The molecule has 0 bridgehead atoms. The van der Waals surface area contributed by atoms with Crippen LogP contribution in [0, 0.1) is 5.92 Å². The molecule has 3 aromatic rings. The van der Waals surface area contributed by atoms with Crippen molar-refractivity contribution in [2.75, 3.05) is 0 Å². The van der Waals surface area contributed by atoms with E-state index < -0.39 is 5.97 Å². The van der Waals surface area contributed by atoms with Crippen LogP contribution in [0.25, 0.3) is 10.9 Å². The van der Waals surface area contributed by atoms with Gasteiger partial charge < -0.3 is 9.84 Å². The van der Waals surface area contributed by atoms with Crippen molar-refractivity contribution < 1.29 is 14.6 Å². The van der Waals surface area contributed by atoms with Gasteiger partial charge in [-0.1, -0.05) is 36.4 Å². The highest BCUT2D eigenvalue weighted by Gasteiger charge is 2.30. The van der Waals surface area contributed by atoms with Crippen LogP contribution in [0.2, 0.25) is 0 Å². The number of nitrogens with zero attached hydrogens (tertiary/aromatic N) is 1. The highest BCUT2D eigenvalue weighted by molar-refractivity contribution is 5.78. The number of carboxylic acids is 1. The predicted octanol–water partition coefficient (Wildman–Crippen LogP) is 4.78. The summed E-state index contributed by atoms with van der Waals surface area (Å²) in [5.41, 5.74) is 3.07. The molecule has 0 amide bonds. The summed E-state index contributed by atoms with van der Waals surface area (Å²) in [7, 11) is 0. The molecule has 1 N–H and O–H groups in total. The van der Waals surface area contributed by atoms with Crippen molar-refractivity contribution in [1.29, 1.82) is 0 Å². The third-order valence-corrected chi connectivity index (χ3v) is 5.18. The minimum absolute atomic E-state index is 0.199. The maximum absolute atomic E-state index is 11.1. The molecule has 4 nitrogen and oxygen atoms in total. The lowest BCUT2D eigenvalue weighted by Gasteiger charge is -2.12. The molecular formula is C22H21NO3. The van der Waals surface area contributed by atoms with Gasteiger partial charge >= 0.3 is 5.97 Å². The Hall–Kier alpha value is -2.88. The van der Waals surface area contributed by atoms with E-state index in [2.05, 4.69) is 23.2 Å². The van der Waals surface area contributed by atoms with E-state index in [0.29, 0.717) is 12.5 Å². The summed E-state index contributed by atoms with van der Waals surface area (Å²) in [4.78, 5) is 15.7. The minimum atomic E-state index is -0.671. The van der Waals surface area contributed by atoms with Crippen LogP contribution in [0.3, 0.4) is 0 Å². The van der Waals surface area contributed by atoms with Crippen molar-refractivity contribution in [2.45, 2.75) is 31.8 Å². The van der Waals surface area contributed by atoms with Crippen molar-refractivity contribution in [3.8, 4) is 5.75 Å². The van der Waals surface area contributed by atoms with Crippen molar-refractivity contribution >= 4 is 16.9 Å². The lowest BCUT2D eigenvalue weighted by molar-refractivity contribution is -0.141. The number of para-hydroxylation sites is 1. The van der Waals surface area contributed by atoms with Crippen LogP contribution in [-0.4, -0.2) is 16.1 Å². The van der Waals surface area contributed by atoms with E-state index in [9.17, 15) is 4.79 Å². The molecule has 0 aliphatic heterocycles. The first kappa shape index (κ1) is 16.6. The zero-order chi connectivity index (χ0) is 17.9. The number of pyridine rings is 1. The second kappa shape index (κ2) is 7.16. The van der Waals surface area contributed by atoms with Crippen molar-refractivity contribution in [3.05, 3.63) is 71.9 Å². The zero-order valence-electron chi connectivity index (χ0n) is 14.5. The molecule has 1 aromatic heterocycles. The predicted molar refractivity (Wildman–Crippen MR) is 100 cm³/mol. The van der Waals surface area contributed by atoms with Crippen LogP contribution < -0.4 is 4.74 Å². The van der Waals surface area contributed by atoms with Gasteiger partial charge in [-0.05, 0) is 55.0 Å². The van der Waals surface area contributed by atoms with E-state index in [1.807, 2.05) is 42.5 Å². The fourth-order valence-corrected chi connectivity index (χ4v) is 3.69. The van der Waals surface area contributed by atoms with Gasteiger partial charge in [-0.25, -0.2) is 4.98 Å². The highest BCUT2D eigenvalue weighted by Crippen LogP contribution is 2.38. The number of aromatic nitrogens is 1. The van der Waals surface area contributed by atoms with Gasteiger partial charge in [0.2, 0.25) is 0 Å². The molecule has 1 heterocycles. The van der Waals surface area contributed by atoms with E-state index >= 15 is 0 Å². The maximum Gasteiger partial charge on any atom is 0.306 e. The van der Waals surface area contributed by atoms with Gasteiger partial charge in [-0.15, -0.1) is 0 Å². The third kappa shape index (κ3) is 3.54. The van der Waals surface area contributed by atoms with Crippen molar-refractivity contribution in [1.82, 2.24) is 4.98 Å². The van der Waals surface area contributed by atoms with Gasteiger partial charge in [-0.2, -0.15) is 0 Å². The summed E-state index contributed by atoms with van der Waals surface area (Å²) < 4.78 is 5.86. The highest BCUT2D eigenvalue weighted by atomic mass is 16.5. The average Bonchev–Trinajstić information content (AvgIpc) is 3.17. The number of hydrogen-bond donors (Lipinski definition) is 1. The first-order chi connectivity index (χ1) is 12.7. The van der Waals surface area contributed by atoms with E-state index in [1.54, 1.807) is 0 Å². The molecule has 4 rings (SSSR count). The number of carbonyl (C=O) groups is 1. The van der Waals surface area contributed by atoms with E-state index in [1.165, 1.54) is 5.56 Å². The third-order valence-electron chi connectivity index (χ3n) is 5.18. The fourth-order valence-electron chi connectivity index (χ4n) is 3.69.